The molecular formula is C26H19Cl2N3O3S. The van der Waals surface area contributed by atoms with Crippen molar-refractivity contribution in [3.63, 3.8) is 0 Å². The third-order valence-corrected chi connectivity index (χ3v) is 7.18. The molecule has 6 nitrogen and oxygen atoms in total. The van der Waals surface area contributed by atoms with Gasteiger partial charge in [0.05, 0.1) is 15.2 Å². The number of halogens is 2. The largest absolute Gasteiger partial charge is 0.506 e. The first-order valence-electron chi connectivity index (χ1n) is 10.9. The highest BCUT2D eigenvalue weighted by Crippen LogP contribution is 2.36. The third-order valence-electron chi connectivity index (χ3n) is 5.62. The Kier molecular flexibility index (Phi) is 6.23. The number of nitrogens with zero attached hydrogens (tertiary/aromatic N) is 2. The van der Waals surface area contributed by atoms with Crippen molar-refractivity contribution in [2.75, 3.05) is 5.32 Å². The number of aromatic hydroxyl groups is 1. The van der Waals surface area contributed by atoms with Crippen molar-refractivity contribution in [1.82, 2.24) is 9.55 Å². The van der Waals surface area contributed by atoms with Gasteiger partial charge < -0.3 is 15.0 Å². The van der Waals surface area contributed by atoms with Gasteiger partial charge in [0.15, 0.2) is 0 Å². The molecule has 35 heavy (non-hydrogen) atoms. The molecule has 0 bridgehead atoms. The van der Waals surface area contributed by atoms with Crippen LogP contribution in [0.2, 0.25) is 10.0 Å². The van der Waals surface area contributed by atoms with Crippen LogP contribution in [0.4, 0.5) is 5.69 Å². The summed E-state index contributed by atoms with van der Waals surface area (Å²) in [4.78, 5) is 30.8. The highest BCUT2D eigenvalue weighted by atomic mass is 35.5. The summed E-state index contributed by atoms with van der Waals surface area (Å²) < 4.78 is 2.41. The summed E-state index contributed by atoms with van der Waals surface area (Å²) in [5.41, 5.74) is 1.80. The van der Waals surface area contributed by atoms with Crippen LogP contribution in [0, 0.1) is 0 Å². The van der Waals surface area contributed by atoms with Gasteiger partial charge in [0.1, 0.15) is 21.8 Å². The van der Waals surface area contributed by atoms with Crippen molar-refractivity contribution < 1.29 is 9.90 Å². The van der Waals surface area contributed by atoms with Crippen LogP contribution >= 0.6 is 34.5 Å². The molecule has 5 aromatic rings. The number of benzene rings is 3. The first-order valence-corrected chi connectivity index (χ1v) is 12.5. The van der Waals surface area contributed by atoms with Crippen LogP contribution in [-0.4, -0.2) is 20.6 Å². The van der Waals surface area contributed by atoms with Gasteiger partial charge in [-0.1, -0.05) is 42.3 Å². The van der Waals surface area contributed by atoms with Crippen LogP contribution in [-0.2, 0) is 6.54 Å². The van der Waals surface area contributed by atoms with Gasteiger partial charge in [0.2, 0.25) is 0 Å². The van der Waals surface area contributed by atoms with Crippen molar-refractivity contribution in [2.24, 2.45) is 0 Å². The zero-order chi connectivity index (χ0) is 24.7. The Labute approximate surface area is 214 Å². The van der Waals surface area contributed by atoms with Crippen LogP contribution in [0.15, 0.2) is 65.5 Å². The quantitative estimate of drug-likeness (QED) is 0.261. The zero-order valence-electron chi connectivity index (χ0n) is 18.5. The summed E-state index contributed by atoms with van der Waals surface area (Å²) in [6.45, 7) is 2.38. The van der Waals surface area contributed by atoms with Crippen molar-refractivity contribution in [2.45, 2.75) is 19.9 Å². The Balaban J connectivity index is 1.46. The fraction of sp³-hybridized carbons (Fsp3) is 0.115. The van der Waals surface area contributed by atoms with Gasteiger partial charge in [-0.15, -0.1) is 11.3 Å². The van der Waals surface area contributed by atoms with E-state index in [0.717, 1.165) is 15.3 Å². The topological polar surface area (TPSA) is 84.2 Å². The number of amides is 1. The van der Waals surface area contributed by atoms with Gasteiger partial charge in [-0.3, -0.25) is 9.59 Å². The molecule has 0 saturated carbocycles. The number of hydrogen-bond donors (Lipinski definition) is 2. The molecule has 0 radical (unpaired) electrons. The Hall–Kier alpha value is -3.39. The number of fused-ring (bicyclic) bond motifs is 2. The summed E-state index contributed by atoms with van der Waals surface area (Å²) in [6, 6.07) is 17.6. The summed E-state index contributed by atoms with van der Waals surface area (Å²) in [6.07, 6.45) is 0.709. The first-order chi connectivity index (χ1) is 16.9. The lowest BCUT2D eigenvalue weighted by Crippen LogP contribution is -2.29. The summed E-state index contributed by atoms with van der Waals surface area (Å²) in [7, 11) is 0. The van der Waals surface area contributed by atoms with Crippen LogP contribution in [0.5, 0.6) is 5.75 Å². The molecule has 0 unspecified atom stereocenters. The minimum absolute atomic E-state index is 0.279. The summed E-state index contributed by atoms with van der Waals surface area (Å²) >= 11 is 13.8. The number of aromatic nitrogens is 2. The number of para-hydroxylation sites is 1. The second-order valence-electron chi connectivity index (χ2n) is 7.98. The SMILES string of the molecule is CCCn1c(=O)c(C(=O)Nc2ccc(-c3nc4c(Cl)cc(Cl)cc4s3)cc2)c(O)c2ccccc21. The van der Waals surface area contributed by atoms with E-state index in [2.05, 4.69) is 10.3 Å². The number of aryl methyl sites for hydroxylation is 1. The molecule has 0 spiro atoms. The number of pyridine rings is 1. The molecule has 0 fully saturated rings. The third kappa shape index (κ3) is 4.27. The van der Waals surface area contributed by atoms with Crippen molar-refractivity contribution in [3.8, 4) is 16.3 Å². The molecule has 2 heterocycles. The number of rotatable bonds is 5. The highest BCUT2D eigenvalue weighted by molar-refractivity contribution is 7.21. The van der Waals surface area contributed by atoms with Crippen LogP contribution in [0.3, 0.4) is 0 Å². The average molecular weight is 524 g/mol. The molecule has 0 aliphatic heterocycles. The maximum absolute atomic E-state index is 13.1. The molecule has 3 aromatic carbocycles. The van der Waals surface area contributed by atoms with E-state index < -0.39 is 11.5 Å². The standard InChI is InChI=1S/C26H19Cl2N3O3S/c1-2-11-31-19-6-4-3-5-17(19)23(32)21(26(31)34)24(33)29-16-9-7-14(8-10-16)25-30-22-18(28)12-15(27)13-20(22)35-25/h3-10,12-13,32H,2,11H2,1H3,(H,29,33). The molecular weight excluding hydrogens is 505 g/mol. The van der Waals surface area contributed by atoms with Gasteiger partial charge in [-0.2, -0.15) is 0 Å². The average Bonchev–Trinajstić information content (AvgIpc) is 3.27. The molecule has 2 aromatic heterocycles. The van der Waals surface area contributed by atoms with Crippen molar-refractivity contribution >= 4 is 67.3 Å². The summed E-state index contributed by atoms with van der Waals surface area (Å²) in [5, 5.41) is 15.8. The zero-order valence-corrected chi connectivity index (χ0v) is 20.8. The Morgan fingerprint density at radius 3 is 2.60 bits per heavy atom. The van der Waals surface area contributed by atoms with Crippen LogP contribution in [0.1, 0.15) is 23.7 Å². The minimum Gasteiger partial charge on any atom is -0.506 e. The molecule has 9 heteroatoms. The Bertz CT molecular complexity index is 1660. The van der Waals surface area contributed by atoms with Gasteiger partial charge in [0.25, 0.3) is 11.5 Å². The number of hydrogen-bond acceptors (Lipinski definition) is 5. The monoisotopic (exact) mass is 523 g/mol. The van der Waals surface area contributed by atoms with Crippen LogP contribution in [0.25, 0.3) is 31.7 Å². The maximum Gasteiger partial charge on any atom is 0.267 e. The second kappa shape index (κ2) is 9.34. The van der Waals surface area contributed by atoms with E-state index in [1.807, 2.05) is 25.1 Å². The van der Waals surface area contributed by atoms with Gasteiger partial charge in [0, 0.05) is 28.2 Å². The number of carbonyl (C=O) groups is 1. The summed E-state index contributed by atoms with van der Waals surface area (Å²) in [5.74, 6) is -0.991. The van der Waals surface area contributed by atoms with Crippen molar-refractivity contribution in [1.29, 1.82) is 0 Å². The number of thiazole rings is 1. The van der Waals surface area contributed by atoms with Gasteiger partial charge in [-0.05, 0) is 55.0 Å². The van der Waals surface area contributed by atoms with Crippen LogP contribution < -0.4 is 10.9 Å². The van der Waals surface area contributed by atoms with E-state index in [1.165, 1.54) is 15.9 Å². The molecule has 0 aliphatic rings. The van der Waals surface area contributed by atoms with E-state index in [9.17, 15) is 14.7 Å². The van der Waals surface area contributed by atoms with Crippen molar-refractivity contribution in [3.05, 3.63) is 86.6 Å². The van der Waals surface area contributed by atoms with E-state index in [4.69, 9.17) is 23.2 Å². The minimum atomic E-state index is -0.669. The molecule has 0 saturated heterocycles. The Morgan fingerprint density at radius 2 is 1.86 bits per heavy atom. The molecule has 2 N–H and O–H groups in total. The second-order valence-corrected chi connectivity index (χ2v) is 9.86. The highest BCUT2D eigenvalue weighted by Gasteiger charge is 2.22. The lowest BCUT2D eigenvalue weighted by molar-refractivity contribution is 0.102. The van der Waals surface area contributed by atoms with Gasteiger partial charge >= 0.3 is 0 Å². The molecule has 0 atom stereocenters. The van der Waals surface area contributed by atoms with Gasteiger partial charge in [-0.25, -0.2) is 4.98 Å². The van der Waals surface area contributed by atoms with E-state index in [1.54, 1.807) is 42.5 Å². The number of nitrogens with one attached hydrogen (secondary N) is 1. The molecule has 176 valence electrons. The fourth-order valence-electron chi connectivity index (χ4n) is 4.01. The molecule has 1 amide bonds. The van der Waals surface area contributed by atoms with E-state index in [0.29, 0.717) is 45.1 Å². The lowest BCUT2D eigenvalue weighted by atomic mass is 10.1. The molecule has 0 aliphatic carbocycles. The maximum atomic E-state index is 13.1. The number of carbonyl (C=O) groups excluding carboxylic acids is 1. The van der Waals surface area contributed by atoms with E-state index in [-0.39, 0.29) is 11.3 Å². The first kappa shape index (κ1) is 23.4. The predicted octanol–water partition coefficient (Wildman–Crippen LogP) is 6.95. The fourth-order valence-corrected chi connectivity index (χ4v) is 5.70. The van der Waals surface area contributed by atoms with E-state index >= 15 is 0 Å². The normalized spacial score (nSPS) is 11.3. The lowest BCUT2D eigenvalue weighted by Gasteiger charge is -2.14. The predicted molar refractivity (Wildman–Crippen MR) is 143 cm³/mol. The molecule has 5 rings (SSSR count). The Morgan fingerprint density at radius 1 is 1.11 bits per heavy atom. The smallest absolute Gasteiger partial charge is 0.267 e. The number of anilines is 1.